The summed E-state index contributed by atoms with van der Waals surface area (Å²) < 4.78 is 0. The molecule has 0 aliphatic heterocycles. The Morgan fingerprint density at radius 2 is 2.28 bits per heavy atom. The fraction of sp³-hybridized carbons (Fsp3) is 0.545. The summed E-state index contributed by atoms with van der Waals surface area (Å²) in [6, 6.07) is -0.566. The maximum absolute atomic E-state index is 12.0. The quantitative estimate of drug-likeness (QED) is 0.859. The number of anilines is 1. The van der Waals surface area contributed by atoms with Crippen LogP contribution in [0.3, 0.4) is 0 Å². The highest BCUT2D eigenvalue weighted by Gasteiger charge is 2.22. The van der Waals surface area contributed by atoms with Gasteiger partial charge in [0.1, 0.15) is 6.54 Å². The minimum atomic E-state index is -1.03. The first kappa shape index (κ1) is 14.4. The van der Waals surface area contributed by atoms with Gasteiger partial charge in [-0.25, -0.2) is 9.78 Å². The fourth-order valence-corrected chi connectivity index (χ4v) is 2.05. The lowest BCUT2D eigenvalue weighted by Gasteiger charge is -2.26. The Morgan fingerprint density at radius 3 is 2.72 bits per heavy atom. The molecular weight excluding hydrogens is 254 g/mol. The maximum Gasteiger partial charge on any atom is 0.324 e. The summed E-state index contributed by atoms with van der Waals surface area (Å²) in [5.74, 6) is -1.03. The van der Waals surface area contributed by atoms with E-state index in [1.165, 1.54) is 16.2 Å². The van der Waals surface area contributed by atoms with Crippen LogP contribution in [0.2, 0.25) is 0 Å². The number of hydrogen-bond acceptors (Lipinski definition) is 4. The zero-order valence-electron chi connectivity index (χ0n) is 10.6. The number of amides is 2. The number of nitrogens with one attached hydrogen (secondary N) is 1. The van der Waals surface area contributed by atoms with Gasteiger partial charge in [-0.15, -0.1) is 11.3 Å². The standard InChI is InChI=1S/C11H17N3O3S/c1-4-8(3)14(5-9(15)16)11(17)13-10-12-7(2)6-18-10/h6,8H,4-5H2,1-3H3,(H,15,16)(H,12,13,17). The number of hydrogen-bond donors (Lipinski definition) is 2. The average Bonchev–Trinajstić information content (AvgIpc) is 2.70. The monoisotopic (exact) mass is 271 g/mol. The second-order valence-electron chi connectivity index (χ2n) is 4.00. The van der Waals surface area contributed by atoms with Gasteiger partial charge >= 0.3 is 12.0 Å². The van der Waals surface area contributed by atoms with Crippen molar-refractivity contribution in [2.24, 2.45) is 0 Å². The molecular formula is C11H17N3O3S. The molecule has 1 aromatic heterocycles. The lowest BCUT2D eigenvalue weighted by Crippen LogP contribution is -2.44. The molecule has 7 heteroatoms. The number of rotatable bonds is 5. The Balaban J connectivity index is 2.72. The topological polar surface area (TPSA) is 82.5 Å². The smallest absolute Gasteiger partial charge is 0.324 e. The van der Waals surface area contributed by atoms with Gasteiger partial charge in [0.05, 0.1) is 5.69 Å². The number of urea groups is 1. The van der Waals surface area contributed by atoms with Crippen LogP contribution in [0, 0.1) is 6.92 Å². The molecule has 0 fully saturated rings. The van der Waals surface area contributed by atoms with Crippen LogP contribution >= 0.6 is 11.3 Å². The molecule has 0 spiro atoms. The van der Waals surface area contributed by atoms with Crippen molar-refractivity contribution in [2.75, 3.05) is 11.9 Å². The lowest BCUT2D eigenvalue weighted by atomic mass is 10.2. The van der Waals surface area contributed by atoms with Crippen molar-refractivity contribution in [3.8, 4) is 0 Å². The van der Waals surface area contributed by atoms with Crippen LogP contribution in [0.25, 0.3) is 0 Å². The van der Waals surface area contributed by atoms with Crippen molar-refractivity contribution in [3.05, 3.63) is 11.1 Å². The third-order valence-corrected chi connectivity index (χ3v) is 3.40. The number of carbonyl (C=O) groups excluding carboxylic acids is 1. The summed E-state index contributed by atoms with van der Waals surface area (Å²) in [4.78, 5) is 28.1. The van der Waals surface area contributed by atoms with E-state index in [1.807, 2.05) is 26.2 Å². The second kappa shape index (κ2) is 6.34. The van der Waals surface area contributed by atoms with Crippen LogP contribution in [0.4, 0.5) is 9.93 Å². The average molecular weight is 271 g/mol. The van der Waals surface area contributed by atoms with Crippen LogP contribution in [0.5, 0.6) is 0 Å². The summed E-state index contributed by atoms with van der Waals surface area (Å²) in [5.41, 5.74) is 0.823. The van der Waals surface area contributed by atoms with E-state index in [0.717, 1.165) is 5.69 Å². The van der Waals surface area contributed by atoms with Gasteiger partial charge in [0, 0.05) is 11.4 Å². The van der Waals surface area contributed by atoms with Crippen molar-refractivity contribution in [3.63, 3.8) is 0 Å². The Bertz CT molecular complexity index is 433. The molecule has 1 rings (SSSR count). The van der Waals surface area contributed by atoms with Gasteiger partial charge in [-0.3, -0.25) is 10.1 Å². The molecule has 2 amide bonds. The number of nitrogens with zero attached hydrogens (tertiary/aromatic N) is 2. The molecule has 0 bridgehead atoms. The number of aryl methyl sites for hydroxylation is 1. The molecule has 0 aliphatic carbocycles. The number of aliphatic carboxylic acids is 1. The molecule has 2 N–H and O–H groups in total. The third kappa shape index (κ3) is 3.99. The van der Waals surface area contributed by atoms with Gasteiger partial charge < -0.3 is 10.0 Å². The van der Waals surface area contributed by atoms with E-state index in [2.05, 4.69) is 10.3 Å². The van der Waals surface area contributed by atoms with Gasteiger partial charge in [0.25, 0.3) is 0 Å². The van der Waals surface area contributed by atoms with Gasteiger partial charge in [-0.2, -0.15) is 0 Å². The zero-order chi connectivity index (χ0) is 13.7. The molecule has 1 unspecified atom stereocenters. The Hall–Kier alpha value is -1.63. The van der Waals surface area contributed by atoms with Crippen molar-refractivity contribution in [1.29, 1.82) is 0 Å². The Morgan fingerprint density at radius 1 is 1.61 bits per heavy atom. The summed E-state index contributed by atoms with van der Waals surface area (Å²) in [7, 11) is 0. The highest BCUT2D eigenvalue weighted by atomic mass is 32.1. The molecule has 1 aromatic rings. The van der Waals surface area contributed by atoms with Crippen molar-refractivity contribution in [2.45, 2.75) is 33.2 Å². The fourth-order valence-electron chi connectivity index (χ4n) is 1.37. The minimum Gasteiger partial charge on any atom is -0.480 e. The zero-order valence-corrected chi connectivity index (χ0v) is 11.5. The first-order chi connectivity index (χ1) is 8.43. The van der Waals surface area contributed by atoms with Crippen molar-refractivity contribution < 1.29 is 14.7 Å². The van der Waals surface area contributed by atoms with Gasteiger partial charge in [0.2, 0.25) is 0 Å². The number of aromatic nitrogens is 1. The van der Waals surface area contributed by atoms with E-state index in [1.54, 1.807) is 0 Å². The summed E-state index contributed by atoms with van der Waals surface area (Å²) >= 11 is 1.32. The predicted octanol–water partition coefficient (Wildman–Crippen LogP) is 2.17. The van der Waals surface area contributed by atoms with Gasteiger partial charge in [-0.05, 0) is 20.3 Å². The first-order valence-corrected chi connectivity index (χ1v) is 6.53. The summed E-state index contributed by atoms with van der Waals surface area (Å²) in [6.07, 6.45) is 0.692. The van der Waals surface area contributed by atoms with Gasteiger partial charge in [-0.1, -0.05) is 6.92 Å². The minimum absolute atomic E-state index is 0.137. The summed E-state index contributed by atoms with van der Waals surface area (Å²) in [6.45, 7) is 5.23. The van der Waals surface area contributed by atoms with Crippen molar-refractivity contribution >= 4 is 28.5 Å². The Labute approximate surface area is 110 Å². The molecule has 18 heavy (non-hydrogen) atoms. The van der Waals surface area contributed by atoms with E-state index in [-0.39, 0.29) is 12.6 Å². The first-order valence-electron chi connectivity index (χ1n) is 5.65. The summed E-state index contributed by atoms with van der Waals surface area (Å²) in [5, 5.41) is 13.7. The van der Waals surface area contributed by atoms with E-state index >= 15 is 0 Å². The van der Waals surface area contributed by atoms with E-state index in [4.69, 9.17) is 5.11 Å². The molecule has 1 heterocycles. The van der Waals surface area contributed by atoms with E-state index in [0.29, 0.717) is 11.6 Å². The number of thiazole rings is 1. The number of carboxylic acid groups (broad SMARTS) is 1. The number of carboxylic acids is 1. The van der Waals surface area contributed by atoms with Crippen LogP contribution in [-0.2, 0) is 4.79 Å². The third-order valence-electron chi connectivity index (χ3n) is 2.52. The molecule has 100 valence electrons. The Kier molecular flexibility index (Phi) is 5.08. The van der Waals surface area contributed by atoms with Gasteiger partial charge in [0.15, 0.2) is 5.13 Å². The van der Waals surface area contributed by atoms with E-state index < -0.39 is 12.0 Å². The van der Waals surface area contributed by atoms with Crippen LogP contribution in [0.15, 0.2) is 5.38 Å². The lowest BCUT2D eigenvalue weighted by molar-refractivity contribution is -0.138. The normalized spacial score (nSPS) is 11.9. The SMILES string of the molecule is CCC(C)N(CC(=O)O)C(=O)Nc1nc(C)cs1. The highest BCUT2D eigenvalue weighted by molar-refractivity contribution is 7.13. The molecule has 0 saturated heterocycles. The molecule has 6 nitrogen and oxygen atoms in total. The van der Waals surface area contributed by atoms with Crippen LogP contribution in [-0.4, -0.2) is 39.6 Å². The predicted molar refractivity (Wildman–Crippen MR) is 70.0 cm³/mol. The largest absolute Gasteiger partial charge is 0.480 e. The molecule has 0 aliphatic rings. The second-order valence-corrected chi connectivity index (χ2v) is 4.86. The van der Waals surface area contributed by atoms with E-state index in [9.17, 15) is 9.59 Å². The molecule has 0 aromatic carbocycles. The highest BCUT2D eigenvalue weighted by Crippen LogP contribution is 2.16. The maximum atomic E-state index is 12.0. The van der Waals surface area contributed by atoms with Crippen molar-refractivity contribution in [1.82, 2.24) is 9.88 Å². The molecule has 0 saturated carbocycles. The molecule has 0 radical (unpaired) electrons. The van der Waals surface area contributed by atoms with Crippen LogP contribution < -0.4 is 5.32 Å². The molecule has 1 atom stereocenters. The van der Waals surface area contributed by atoms with Crippen LogP contribution in [0.1, 0.15) is 26.0 Å². The number of carbonyl (C=O) groups is 2.